The van der Waals surface area contributed by atoms with Crippen molar-refractivity contribution in [1.29, 1.82) is 0 Å². The number of aryl methyl sites for hydroxylation is 2. The van der Waals surface area contributed by atoms with Gasteiger partial charge in [0.2, 0.25) is 0 Å². The highest BCUT2D eigenvalue weighted by atomic mass is 16.5. The molecule has 112 valence electrons. The van der Waals surface area contributed by atoms with Gasteiger partial charge in [0.25, 0.3) is 0 Å². The molecule has 1 aliphatic rings. The first-order valence-electron chi connectivity index (χ1n) is 7.55. The maximum absolute atomic E-state index is 5.25. The van der Waals surface area contributed by atoms with Crippen LogP contribution in [-0.2, 0) is 13.0 Å². The Morgan fingerprint density at radius 3 is 2.90 bits per heavy atom. The van der Waals surface area contributed by atoms with Crippen molar-refractivity contribution in [3.8, 4) is 0 Å². The fourth-order valence-electron chi connectivity index (χ4n) is 3.21. The molecule has 1 aromatic carbocycles. The molecule has 0 radical (unpaired) electrons. The number of aromatic nitrogens is 1. The Labute approximate surface area is 126 Å². The SMILES string of the molecule is Cc1noc(C)c1C(C)NCc1ccc2c(c1)CCN2C. The molecule has 0 fully saturated rings. The van der Waals surface area contributed by atoms with E-state index in [9.17, 15) is 0 Å². The van der Waals surface area contributed by atoms with Gasteiger partial charge in [0.1, 0.15) is 5.76 Å². The van der Waals surface area contributed by atoms with Gasteiger partial charge in [0.05, 0.1) is 5.69 Å². The third-order valence-corrected chi connectivity index (χ3v) is 4.41. The van der Waals surface area contributed by atoms with Crippen LogP contribution in [0.15, 0.2) is 22.7 Å². The molecule has 1 aromatic heterocycles. The minimum absolute atomic E-state index is 0.243. The van der Waals surface area contributed by atoms with Gasteiger partial charge in [0, 0.05) is 37.4 Å². The quantitative estimate of drug-likeness (QED) is 0.937. The average Bonchev–Trinajstić information content (AvgIpc) is 3.00. The van der Waals surface area contributed by atoms with Crippen molar-refractivity contribution in [2.45, 2.75) is 39.8 Å². The zero-order chi connectivity index (χ0) is 15.0. The Morgan fingerprint density at radius 2 is 2.19 bits per heavy atom. The lowest BCUT2D eigenvalue weighted by molar-refractivity contribution is 0.390. The molecule has 3 rings (SSSR count). The van der Waals surface area contributed by atoms with Gasteiger partial charge >= 0.3 is 0 Å². The van der Waals surface area contributed by atoms with Crippen LogP contribution in [0.1, 0.15) is 41.1 Å². The van der Waals surface area contributed by atoms with E-state index in [0.717, 1.165) is 31.0 Å². The Bertz CT molecular complexity index is 628. The highest BCUT2D eigenvalue weighted by molar-refractivity contribution is 5.58. The largest absolute Gasteiger partial charge is 0.374 e. The van der Waals surface area contributed by atoms with Crippen molar-refractivity contribution in [2.24, 2.45) is 0 Å². The maximum Gasteiger partial charge on any atom is 0.138 e. The topological polar surface area (TPSA) is 41.3 Å². The molecule has 1 aliphatic heterocycles. The highest BCUT2D eigenvalue weighted by Gasteiger charge is 2.17. The lowest BCUT2D eigenvalue weighted by atomic mass is 10.1. The van der Waals surface area contributed by atoms with Crippen LogP contribution in [0.3, 0.4) is 0 Å². The molecule has 0 aliphatic carbocycles. The lowest BCUT2D eigenvalue weighted by Gasteiger charge is -2.15. The van der Waals surface area contributed by atoms with Crippen LogP contribution in [0.4, 0.5) is 5.69 Å². The molecule has 1 N–H and O–H groups in total. The molecular formula is C17H23N3O. The lowest BCUT2D eigenvalue weighted by Crippen LogP contribution is -2.19. The van der Waals surface area contributed by atoms with Crippen LogP contribution in [-0.4, -0.2) is 18.7 Å². The zero-order valence-electron chi connectivity index (χ0n) is 13.2. The van der Waals surface area contributed by atoms with Crippen LogP contribution in [0.5, 0.6) is 0 Å². The normalized spacial score (nSPS) is 15.3. The summed E-state index contributed by atoms with van der Waals surface area (Å²) in [5, 5.41) is 7.60. The molecule has 1 atom stereocenters. The number of hydrogen-bond donors (Lipinski definition) is 1. The molecule has 0 amide bonds. The van der Waals surface area contributed by atoms with Gasteiger partial charge in [-0.1, -0.05) is 17.3 Å². The predicted molar refractivity (Wildman–Crippen MR) is 84.6 cm³/mol. The summed E-state index contributed by atoms with van der Waals surface area (Å²) < 4.78 is 5.25. The minimum Gasteiger partial charge on any atom is -0.374 e. The summed E-state index contributed by atoms with van der Waals surface area (Å²) in [6.45, 7) is 8.12. The Balaban J connectivity index is 1.68. The van der Waals surface area contributed by atoms with Gasteiger partial charge in [-0.2, -0.15) is 0 Å². The van der Waals surface area contributed by atoms with E-state index in [0.29, 0.717) is 0 Å². The molecular weight excluding hydrogens is 262 g/mol. The number of hydrogen-bond acceptors (Lipinski definition) is 4. The molecule has 0 bridgehead atoms. The Hall–Kier alpha value is -1.81. The van der Waals surface area contributed by atoms with Crippen molar-refractivity contribution in [3.05, 3.63) is 46.3 Å². The summed E-state index contributed by atoms with van der Waals surface area (Å²) in [7, 11) is 2.16. The van der Waals surface area contributed by atoms with Crippen LogP contribution in [0, 0.1) is 13.8 Å². The summed E-state index contributed by atoms with van der Waals surface area (Å²) in [5.41, 5.74) is 6.32. The van der Waals surface area contributed by atoms with Crippen LogP contribution >= 0.6 is 0 Å². The van der Waals surface area contributed by atoms with Crippen molar-refractivity contribution in [3.63, 3.8) is 0 Å². The first-order valence-corrected chi connectivity index (χ1v) is 7.55. The van der Waals surface area contributed by atoms with Crippen molar-refractivity contribution in [1.82, 2.24) is 10.5 Å². The van der Waals surface area contributed by atoms with Gasteiger partial charge in [-0.25, -0.2) is 0 Å². The highest BCUT2D eigenvalue weighted by Crippen LogP contribution is 2.28. The van der Waals surface area contributed by atoms with E-state index in [1.807, 2.05) is 13.8 Å². The van der Waals surface area contributed by atoms with Gasteiger partial charge in [-0.3, -0.25) is 0 Å². The number of fused-ring (bicyclic) bond motifs is 1. The number of benzene rings is 1. The van der Waals surface area contributed by atoms with Gasteiger partial charge in [-0.05, 0) is 44.4 Å². The van der Waals surface area contributed by atoms with Crippen LogP contribution < -0.4 is 10.2 Å². The van der Waals surface area contributed by atoms with E-state index >= 15 is 0 Å². The average molecular weight is 285 g/mol. The predicted octanol–water partition coefficient (Wildman–Crippen LogP) is 3.13. The Kier molecular flexibility index (Phi) is 3.72. The van der Waals surface area contributed by atoms with Crippen LogP contribution in [0.2, 0.25) is 0 Å². The first kappa shape index (κ1) is 14.1. The maximum atomic E-state index is 5.25. The molecule has 2 aromatic rings. The molecule has 0 saturated carbocycles. The molecule has 0 spiro atoms. The van der Waals surface area contributed by atoms with Gasteiger partial charge in [0.15, 0.2) is 0 Å². The molecule has 4 heteroatoms. The van der Waals surface area contributed by atoms with Crippen molar-refractivity contribution < 1.29 is 4.52 Å². The van der Waals surface area contributed by atoms with E-state index in [4.69, 9.17) is 4.52 Å². The second kappa shape index (κ2) is 5.53. The number of likely N-dealkylation sites (N-methyl/N-ethyl adjacent to an activating group) is 1. The third kappa shape index (κ3) is 2.68. The Morgan fingerprint density at radius 1 is 1.38 bits per heavy atom. The molecule has 4 nitrogen and oxygen atoms in total. The van der Waals surface area contributed by atoms with E-state index in [1.165, 1.54) is 22.4 Å². The van der Waals surface area contributed by atoms with E-state index < -0.39 is 0 Å². The summed E-state index contributed by atoms with van der Waals surface area (Å²) in [5.74, 6) is 0.906. The minimum atomic E-state index is 0.243. The van der Waals surface area contributed by atoms with Crippen molar-refractivity contribution >= 4 is 5.69 Å². The second-order valence-corrected chi connectivity index (χ2v) is 5.98. The number of rotatable bonds is 4. The summed E-state index contributed by atoms with van der Waals surface area (Å²) in [6.07, 6.45) is 1.15. The smallest absolute Gasteiger partial charge is 0.138 e. The van der Waals surface area contributed by atoms with Crippen molar-refractivity contribution in [2.75, 3.05) is 18.5 Å². The zero-order valence-corrected chi connectivity index (χ0v) is 13.2. The summed E-state index contributed by atoms with van der Waals surface area (Å²) in [4.78, 5) is 2.32. The first-order chi connectivity index (χ1) is 10.1. The molecule has 0 saturated heterocycles. The number of anilines is 1. The molecule has 21 heavy (non-hydrogen) atoms. The fourth-order valence-corrected chi connectivity index (χ4v) is 3.21. The van der Waals surface area contributed by atoms with Gasteiger partial charge in [-0.15, -0.1) is 0 Å². The fraction of sp³-hybridized carbons (Fsp3) is 0.471. The van der Waals surface area contributed by atoms with Crippen LogP contribution in [0.25, 0.3) is 0 Å². The number of nitrogens with zero attached hydrogens (tertiary/aromatic N) is 2. The van der Waals surface area contributed by atoms with E-state index in [-0.39, 0.29) is 6.04 Å². The molecule has 2 heterocycles. The monoisotopic (exact) mass is 285 g/mol. The third-order valence-electron chi connectivity index (χ3n) is 4.41. The second-order valence-electron chi connectivity index (χ2n) is 5.98. The summed E-state index contributed by atoms with van der Waals surface area (Å²) in [6, 6.07) is 7.02. The standard InChI is InChI=1S/C17H23N3O/c1-11(17-12(2)19-21-13(17)3)18-10-14-5-6-16-15(9-14)7-8-20(16)4/h5-6,9,11,18H,7-8,10H2,1-4H3. The van der Waals surface area contributed by atoms with E-state index in [2.05, 4.69) is 47.5 Å². The number of nitrogens with one attached hydrogen (secondary N) is 1. The molecule has 1 unspecified atom stereocenters. The summed E-state index contributed by atoms with van der Waals surface area (Å²) >= 11 is 0. The van der Waals surface area contributed by atoms with E-state index in [1.54, 1.807) is 0 Å². The van der Waals surface area contributed by atoms with Gasteiger partial charge < -0.3 is 14.7 Å².